The highest BCUT2D eigenvalue weighted by molar-refractivity contribution is 5.80. The van der Waals surface area contributed by atoms with Gasteiger partial charge in [-0.05, 0) is 30.0 Å². The Morgan fingerprint density at radius 2 is 1.97 bits per heavy atom. The molecule has 0 bridgehead atoms. The van der Waals surface area contributed by atoms with Crippen LogP contribution in [0.4, 0.5) is 0 Å². The first kappa shape index (κ1) is 19.8. The van der Waals surface area contributed by atoms with E-state index in [1.54, 1.807) is 0 Å². The van der Waals surface area contributed by atoms with Crippen LogP contribution < -0.4 is 10.1 Å². The Hall–Kier alpha value is -2.53. The van der Waals surface area contributed by atoms with Crippen LogP contribution in [0.2, 0.25) is 0 Å². The molecule has 0 saturated carbocycles. The quantitative estimate of drug-likeness (QED) is 0.601. The number of hydrogen-bond acceptors (Lipinski definition) is 3. The fourth-order valence-corrected chi connectivity index (χ4v) is 4.25. The van der Waals surface area contributed by atoms with Crippen molar-refractivity contribution in [1.29, 1.82) is 0 Å². The van der Waals surface area contributed by atoms with Crippen molar-refractivity contribution in [2.45, 2.75) is 25.4 Å². The summed E-state index contributed by atoms with van der Waals surface area (Å²) in [7, 11) is 1.87. The van der Waals surface area contributed by atoms with E-state index in [1.165, 1.54) is 11.1 Å². The maximum Gasteiger partial charge on any atom is 0.193 e. The number of hydrogen-bond donors (Lipinski definition) is 1. The Kier molecular flexibility index (Phi) is 6.67. The van der Waals surface area contributed by atoms with E-state index in [4.69, 9.17) is 9.47 Å². The molecule has 0 spiro atoms. The van der Waals surface area contributed by atoms with Crippen LogP contribution in [0.15, 0.2) is 59.6 Å². The molecule has 2 heterocycles. The van der Waals surface area contributed by atoms with Crippen LogP contribution in [0.3, 0.4) is 0 Å². The molecule has 0 aromatic heterocycles. The first-order chi connectivity index (χ1) is 14.3. The summed E-state index contributed by atoms with van der Waals surface area (Å²) in [5, 5.41) is 3.60. The number of guanidine groups is 1. The van der Waals surface area contributed by atoms with Gasteiger partial charge in [0.25, 0.3) is 0 Å². The van der Waals surface area contributed by atoms with Crippen molar-refractivity contribution in [2.75, 3.05) is 39.9 Å². The number of nitrogens with zero attached hydrogens (tertiary/aromatic N) is 2. The van der Waals surface area contributed by atoms with Gasteiger partial charge in [0.1, 0.15) is 5.75 Å². The van der Waals surface area contributed by atoms with Gasteiger partial charge in [-0.3, -0.25) is 4.99 Å². The molecule has 0 amide bonds. The SMILES string of the molecule is CN=C(NCC1CCOc2ccccc21)N1CCC(COCc2ccccc2)C1. The predicted molar refractivity (Wildman–Crippen MR) is 116 cm³/mol. The van der Waals surface area contributed by atoms with Crippen molar-refractivity contribution < 1.29 is 9.47 Å². The number of aliphatic imine (C=N–C) groups is 1. The van der Waals surface area contributed by atoms with Crippen molar-refractivity contribution in [1.82, 2.24) is 10.2 Å². The molecule has 2 unspecified atom stereocenters. The second-order valence-corrected chi connectivity index (χ2v) is 7.90. The zero-order valence-electron chi connectivity index (χ0n) is 17.2. The molecule has 5 heteroatoms. The van der Waals surface area contributed by atoms with E-state index in [2.05, 4.69) is 57.7 Å². The molecule has 2 aliphatic heterocycles. The molecule has 5 nitrogen and oxygen atoms in total. The minimum Gasteiger partial charge on any atom is -0.493 e. The van der Waals surface area contributed by atoms with Gasteiger partial charge < -0.3 is 19.7 Å². The standard InChI is InChI=1S/C24H31N3O2/c1-25-24(26-15-21-12-14-29-23-10-6-5-9-22(21)23)27-13-11-20(16-27)18-28-17-19-7-3-2-4-8-19/h2-10,20-21H,11-18H2,1H3,(H,25,26). The Morgan fingerprint density at radius 1 is 1.14 bits per heavy atom. The van der Waals surface area contributed by atoms with Crippen molar-refractivity contribution in [3.8, 4) is 5.75 Å². The van der Waals surface area contributed by atoms with Gasteiger partial charge in [0.15, 0.2) is 5.96 Å². The number of para-hydroxylation sites is 1. The topological polar surface area (TPSA) is 46.1 Å². The van der Waals surface area contributed by atoms with Crippen molar-refractivity contribution in [3.05, 3.63) is 65.7 Å². The van der Waals surface area contributed by atoms with Crippen molar-refractivity contribution in [2.24, 2.45) is 10.9 Å². The molecule has 154 valence electrons. The summed E-state index contributed by atoms with van der Waals surface area (Å²) in [4.78, 5) is 6.90. The second-order valence-electron chi connectivity index (χ2n) is 7.90. The van der Waals surface area contributed by atoms with Gasteiger partial charge in [0.05, 0.1) is 19.8 Å². The Morgan fingerprint density at radius 3 is 2.83 bits per heavy atom. The van der Waals surface area contributed by atoms with E-state index in [-0.39, 0.29) is 0 Å². The van der Waals surface area contributed by atoms with E-state index in [1.807, 2.05) is 19.2 Å². The lowest BCUT2D eigenvalue weighted by Crippen LogP contribution is -2.42. The summed E-state index contributed by atoms with van der Waals surface area (Å²) in [5.41, 5.74) is 2.53. The summed E-state index contributed by atoms with van der Waals surface area (Å²) in [6.45, 7) is 5.19. The van der Waals surface area contributed by atoms with Crippen LogP contribution >= 0.6 is 0 Å². The van der Waals surface area contributed by atoms with Gasteiger partial charge >= 0.3 is 0 Å². The van der Waals surface area contributed by atoms with E-state index in [9.17, 15) is 0 Å². The maximum absolute atomic E-state index is 5.96. The minimum atomic E-state index is 0.462. The molecule has 2 aliphatic rings. The normalized spacial score (nSPS) is 21.6. The van der Waals surface area contributed by atoms with Crippen LogP contribution in [-0.2, 0) is 11.3 Å². The minimum absolute atomic E-state index is 0.462. The van der Waals surface area contributed by atoms with E-state index in [0.717, 1.165) is 57.4 Å². The summed E-state index contributed by atoms with van der Waals surface area (Å²) < 4.78 is 11.7. The zero-order chi connectivity index (χ0) is 19.9. The van der Waals surface area contributed by atoms with Crippen molar-refractivity contribution in [3.63, 3.8) is 0 Å². The Bertz CT molecular complexity index is 809. The van der Waals surface area contributed by atoms with Crippen LogP contribution in [0.25, 0.3) is 0 Å². The smallest absolute Gasteiger partial charge is 0.193 e. The van der Waals surface area contributed by atoms with Crippen LogP contribution in [0.1, 0.15) is 29.9 Å². The molecule has 2 aromatic rings. The first-order valence-corrected chi connectivity index (χ1v) is 10.6. The van der Waals surface area contributed by atoms with Gasteiger partial charge in [-0.15, -0.1) is 0 Å². The molecular weight excluding hydrogens is 362 g/mol. The van der Waals surface area contributed by atoms with E-state index in [0.29, 0.717) is 18.4 Å². The van der Waals surface area contributed by atoms with Gasteiger partial charge in [0.2, 0.25) is 0 Å². The molecule has 1 fully saturated rings. The average Bonchev–Trinajstić information content (AvgIpc) is 3.24. The fourth-order valence-electron chi connectivity index (χ4n) is 4.25. The molecule has 2 atom stereocenters. The molecule has 0 radical (unpaired) electrons. The van der Waals surface area contributed by atoms with Crippen LogP contribution in [0.5, 0.6) is 5.75 Å². The first-order valence-electron chi connectivity index (χ1n) is 10.6. The number of rotatable bonds is 6. The third-order valence-electron chi connectivity index (χ3n) is 5.85. The third-order valence-corrected chi connectivity index (χ3v) is 5.85. The van der Waals surface area contributed by atoms with E-state index < -0.39 is 0 Å². The molecule has 4 rings (SSSR count). The van der Waals surface area contributed by atoms with Gasteiger partial charge in [-0.25, -0.2) is 0 Å². The molecule has 29 heavy (non-hydrogen) atoms. The largest absolute Gasteiger partial charge is 0.493 e. The monoisotopic (exact) mass is 393 g/mol. The zero-order valence-corrected chi connectivity index (χ0v) is 17.2. The average molecular weight is 394 g/mol. The third kappa shape index (κ3) is 5.10. The van der Waals surface area contributed by atoms with Gasteiger partial charge in [-0.1, -0.05) is 48.5 Å². The summed E-state index contributed by atoms with van der Waals surface area (Å²) >= 11 is 0. The molecular formula is C24H31N3O2. The van der Waals surface area contributed by atoms with E-state index >= 15 is 0 Å². The fraction of sp³-hybridized carbons (Fsp3) is 0.458. The Balaban J connectivity index is 1.24. The Labute approximate surface area is 173 Å². The van der Waals surface area contributed by atoms with Gasteiger partial charge in [0, 0.05) is 38.5 Å². The predicted octanol–water partition coefficient (Wildman–Crippen LogP) is 3.67. The van der Waals surface area contributed by atoms with Crippen molar-refractivity contribution >= 4 is 5.96 Å². The lowest BCUT2D eigenvalue weighted by molar-refractivity contribution is 0.0906. The molecule has 0 aliphatic carbocycles. The molecule has 1 saturated heterocycles. The number of nitrogens with one attached hydrogen (secondary N) is 1. The maximum atomic E-state index is 5.96. The summed E-state index contributed by atoms with van der Waals surface area (Å²) in [6, 6.07) is 18.8. The number of likely N-dealkylation sites (tertiary alicyclic amines) is 1. The van der Waals surface area contributed by atoms with Gasteiger partial charge in [-0.2, -0.15) is 0 Å². The lowest BCUT2D eigenvalue weighted by Gasteiger charge is -2.28. The lowest BCUT2D eigenvalue weighted by atomic mass is 9.93. The number of ether oxygens (including phenoxy) is 2. The number of fused-ring (bicyclic) bond motifs is 1. The molecule has 1 N–H and O–H groups in total. The highest BCUT2D eigenvalue weighted by Gasteiger charge is 2.26. The highest BCUT2D eigenvalue weighted by Crippen LogP contribution is 2.32. The molecule has 2 aromatic carbocycles. The van der Waals surface area contributed by atoms with Crippen LogP contribution in [-0.4, -0.2) is 50.8 Å². The summed E-state index contributed by atoms with van der Waals surface area (Å²) in [5.74, 6) is 3.04. The summed E-state index contributed by atoms with van der Waals surface area (Å²) in [6.07, 6.45) is 2.19. The van der Waals surface area contributed by atoms with Crippen LogP contribution in [0, 0.1) is 5.92 Å². The number of benzene rings is 2. The second kappa shape index (κ2) is 9.79. The highest BCUT2D eigenvalue weighted by atomic mass is 16.5.